The molecule has 0 radical (unpaired) electrons. The van der Waals surface area contributed by atoms with E-state index in [-0.39, 0.29) is 23.6 Å². The number of carbonyl (C=O) groups excluding carboxylic acids is 2. The first-order valence-corrected chi connectivity index (χ1v) is 12.7. The summed E-state index contributed by atoms with van der Waals surface area (Å²) >= 11 is 7.45. The van der Waals surface area contributed by atoms with Crippen LogP contribution in [0.4, 0.5) is 9.18 Å². The van der Waals surface area contributed by atoms with Crippen molar-refractivity contribution >= 4 is 40.6 Å². The van der Waals surface area contributed by atoms with Crippen molar-refractivity contribution in [2.45, 2.75) is 45.6 Å². The molecule has 1 saturated heterocycles. The van der Waals surface area contributed by atoms with E-state index in [9.17, 15) is 14.0 Å². The minimum absolute atomic E-state index is 0.122. The molecule has 34 heavy (non-hydrogen) atoms. The normalized spacial score (nSPS) is 18.1. The number of hydrogen-bond donors (Lipinski definition) is 0. The number of benzene rings is 2. The van der Waals surface area contributed by atoms with Gasteiger partial charge >= 0.3 is 0 Å². The van der Waals surface area contributed by atoms with Crippen LogP contribution in [0.1, 0.15) is 50.2 Å². The van der Waals surface area contributed by atoms with Crippen LogP contribution in [0.3, 0.4) is 0 Å². The van der Waals surface area contributed by atoms with Crippen LogP contribution in [0.2, 0.25) is 5.02 Å². The number of ether oxygens (including phenoxy) is 2. The molecule has 0 spiro atoms. The average molecular weight is 504 g/mol. The molecule has 0 unspecified atom stereocenters. The minimum atomic E-state index is -0.343. The van der Waals surface area contributed by atoms with E-state index >= 15 is 0 Å². The predicted octanol–water partition coefficient (Wildman–Crippen LogP) is 7.07. The summed E-state index contributed by atoms with van der Waals surface area (Å²) in [6.07, 6.45) is 7.32. The van der Waals surface area contributed by atoms with Gasteiger partial charge in [-0.25, -0.2) is 4.39 Å². The topological polar surface area (TPSA) is 55.8 Å². The van der Waals surface area contributed by atoms with Gasteiger partial charge in [-0.3, -0.25) is 14.5 Å². The third-order valence-corrected chi connectivity index (χ3v) is 7.13. The van der Waals surface area contributed by atoms with Gasteiger partial charge in [-0.15, -0.1) is 0 Å². The highest BCUT2D eigenvalue weighted by Gasteiger charge is 2.36. The molecule has 1 saturated carbocycles. The number of rotatable bonds is 8. The fraction of sp³-hybridized carbons (Fsp3) is 0.385. The molecular formula is C26H27ClFNO4S. The number of nitrogens with zero attached hydrogens (tertiary/aromatic N) is 1. The van der Waals surface area contributed by atoms with Crippen molar-refractivity contribution in [1.82, 2.24) is 4.90 Å². The van der Waals surface area contributed by atoms with Crippen molar-refractivity contribution in [3.8, 4) is 11.5 Å². The van der Waals surface area contributed by atoms with Gasteiger partial charge < -0.3 is 9.47 Å². The van der Waals surface area contributed by atoms with Gasteiger partial charge in [0.1, 0.15) is 12.4 Å². The van der Waals surface area contributed by atoms with Gasteiger partial charge in [0.05, 0.1) is 16.5 Å². The molecule has 1 aliphatic heterocycles. The first-order valence-electron chi connectivity index (χ1n) is 11.5. The lowest BCUT2D eigenvalue weighted by Gasteiger charge is -2.25. The maximum Gasteiger partial charge on any atom is 0.293 e. The smallest absolute Gasteiger partial charge is 0.293 e. The molecule has 0 aromatic heterocycles. The maximum absolute atomic E-state index is 13.5. The summed E-state index contributed by atoms with van der Waals surface area (Å²) < 4.78 is 25.0. The number of thioether (sulfide) groups is 1. The van der Waals surface area contributed by atoms with Crippen molar-refractivity contribution in [2.24, 2.45) is 5.92 Å². The summed E-state index contributed by atoms with van der Waals surface area (Å²) in [4.78, 5) is 27.2. The monoisotopic (exact) mass is 503 g/mol. The van der Waals surface area contributed by atoms with E-state index in [2.05, 4.69) is 0 Å². The maximum atomic E-state index is 13.5. The first kappa shape index (κ1) is 24.6. The molecule has 1 aliphatic carbocycles. The lowest BCUT2D eigenvalue weighted by Crippen LogP contribution is -2.34. The molecule has 8 heteroatoms. The molecule has 2 aromatic carbocycles. The van der Waals surface area contributed by atoms with Crippen molar-refractivity contribution in [3.05, 3.63) is 63.3 Å². The summed E-state index contributed by atoms with van der Waals surface area (Å²) in [6.45, 7) is 2.83. The Hall–Kier alpha value is -2.51. The molecule has 5 nitrogen and oxygen atoms in total. The highest BCUT2D eigenvalue weighted by Crippen LogP contribution is 2.40. The van der Waals surface area contributed by atoms with Crippen molar-refractivity contribution < 1.29 is 23.5 Å². The number of imide groups is 1. The second kappa shape index (κ2) is 11.3. The Morgan fingerprint density at radius 3 is 2.68 bits per heavy atom. The zero-order chi connectivity index (χ0) is 24.1. The Balaban J connectivity index is 1.52. The van der Waals surface area contributed by atoms with Crippen LogP contribution in [-0.4, -0.2) is 29.2 Å². The number of halogens is 2. The van der Waals surface area contributed by atoms with Crippen LogP contribution in [0.5, 0.6) is 11.5 Å². The molecule has 0 N–H and O–H groups in total. The Bertz CT molecular complexity index is 1100. The summed E-state index contributed by atoms with van der Waals surface area (Å²) in [7, 11) is 0. The molecule has 2 fully saturated rings. The second-order valence-corrected chi connectivity index (χ2v) is 9.88. The third kappa shape index (κ3) is 5.94. The lowest BCUT2D eigenvalue weighted by atomic mass is 9.89. The van der Waals surface area contributed by atoms with E-state index in [0.717, 1.165) is 37.4 Å². The molecule has 2 aromatic rings. The van der Waals surface area contributed by atoms with Gasteiger partial charge in [-0.2, -0.15) is 0 Å². The molecule has 180 valence electrons. The Labute approximate surface area is 208 Å². The highest BCUT2D eigenvalue weighted by molar-refractivity contribution is 8.18. The van der Waals surface area contributed by atoms with Crippen molar-refractivity contribution in [2.75, 3.05) is 13.2 Å². The van der Waals surface area contributed by atoms with Crippen molar-refractivity contribution in [3.63, 3.8) is 0 Å². The van der Waals surface area contributed by atoms with Gasteiger partial charge in [0.15, 0.2) is 11.5 Å². The standard InChI is InChI=1S/C26H27ClFNO4S/c1-2-32-22-13-19(12-21(27)24(22)33-16-18-9-6-10-20(28)11-18)14-23-25(30)29(26(31)34-23)15-17-7-4-3-5-8-17/h6,9-14,17H,2-5,7-8,15-16H2,1H3/b23-14+. The second-order valence-electron chi connectivity index (χ2n) is 8.48. The van der Waals surface area contributed by atoms with E-state index in [1.165, 1.54) is 23.5 Å². The van der Waals surface area contributed by atoms with Crippen LogP contribution in [-0.2, 0) is 11.4 Å². The lowest BCUT2D eigenvalue weighted by molar-refractivity contribution is -0.123. The van der Waals surface area contributed by atoms with E-state index in [1.54, 1.807) is 30.3 Å². The Kier molecular flexibility index (Phi) is 8.16. The zero-order valence-corrected chi connectivity index (χ0v) is 20.6. The molecule has 4 rings (SSSR count). The Morgan fingerprint density at radius 1 is 1.15 bits per heavy atom. The van der Waals surface area contributed by atoms with Crippen LogP contribution in [0.15, 0.2) is 41.3 Å². The van der Waals surface area contributed by atoms with Gasteiger partial charge in [-0.05, 0) is 78.9 Å². The fourth-order valence-electron chi connectivity index (χ4n) is 4.29. The van der Waals surface area contributed by atoms with Gasteiger partial charge in [-0.1, -0.05) is 43.0 Å². The summed E-state index contributed by atoms with van der Waals surface area (Å²) in [6, 6.07) is 9.53. The number of amides is 2. The van der Waals surface area contributed by atoms with Crippen LogP contribution >= 0.6 is 23.4 Å². The quantitative estimate of drug-likeness (QED) is 0.360. The largest absolute Gasteiger partial charge is 0.490 e. The molecule has 0 bridgehead atoms. The third-order valence-electron chi connectivity index (χ3n) is 5.94. The molecule has 1 heterocycles. The molecule has 2 aliphatic rings. The summed E-state index contributed by atoms with van der Waals surface area (Å²) in [5.74, 6) is 0.538. The molecular weight excluding hydrogens is 477 g/mol. The molecule has 0 atom stereocenters. The van der Waals surface area contributed by atoms with Gasteiger partial charge in [0.2, 0.25) is 0 Å². The number of hydrogen-bond acceptors (Lipinski definition) is 5. The van der Waals surface area contributed by atoms with Crippen LogP contribution in [0, 0.1) is 11.7 Å². The van der Waals surface area contributed by atoms with Crippen LogP contribution < -0.4 is 9.47 Å². The molecule has 2 amide bonds. The van der Waals surface area contributed by atoms with Crippen LogP contribution in [0.25, 0.3) is 6.08 Å². The van der Waals surface area contributed by atoms with Crippen molar-refractivity contribution in [1.29, 1.82) is 0 Å². The Morgan fingerprint density at radius 2 is 1.94 bits per heavy atom. The minimum Gasteiger partial charge on any atom is -0.490 e. The SMILES string of the molecule is CCOc1cc(/C=C2/SC(=O)N(CC3CCCCC3)C2=O)cc(Cl)c1OCc1cccc(F)c1. The van der Waals surface area contributed by atoms with E-state index < -0.39 is 0 Å². The van der Waals surface area contributed by atoms with E-state index in [1.807, 2.05) is 6.92 Å². The summed E-state index contributed by atoms with van der Waals surface area (Å²) in [5.41, 5.74) is 1.30. The fourth-order valence-corrected chi connectivity index (χ4v) is 5.42. The first-order chi connectivity index (χ1) is 16.4. The van der Waals surface area contributed by atoms with E-state index in [4.69, 9.17) is 21.1 Å². The average Bonchev–Trinajstić information content (AvgIpc) is 3.07. The predicted molar refractivity (Wildman–Crippen MR) is 133 cm³/mol. The van der Waals surface area contributed by atoms with E-state index in [0.29, 0.717) is 51.6 Å². The highest BCUT2D eigenvalue weighted by atomic mass is 35.5. The summed E-state index contributed by atoms with van der Waals surface area (Å²) in [5, 5.41) is 0.0723. The van der Waals surface area contributed by atoms with Gasteiger partial charge in [0, 0.05) is 6.54 Å². The number of carbonyl (C=O) groups is 2. The zero-order valence-electron chi connectivity index (χ0n) is 19.0. The van der Waals surface area contributed by atoms with Gasteiger partial charge in [0.25, 0.3) is 11.1 Å².